The highest BCUT2D eigenvalue weighted by molar-refractivity contribution is 5.69. The second-order valence-corrected chi connectivity index (χ2v) is 7.05. The molecule has 1 aromatic rings. The molecule has 0 aliphatic heterocycles. The Morgan fingerprint density at radius 3 is 2.08 bits per heavy atom. The molecule has 26 heavy (non-hydrogen) atoms. The number of hydrogen-bond acceptors (Lipinski definition) is 5. The number of nitrogens with zero attached hydrogens (tertiary/aromatic N) is 1. The van der Waals surface area contributed by atoms with Crippen LogP contribution >= 0.6 is 0 Å². The largest absolute Gasteiger partial charge is 0.444 e. The van der Waals surface area contributed by atoms with Gasteiger partial charge in [-0.05, 0) is 59.0 Å². The predicted octanol–water partition coefficient (Wildman–Crippen LogP) is 3.64. The monoisotopic (exact) mass is 366 g/mol. The summed E-state index contributed by atoms with van der Waals surface area (Å²) in [6.45, 7) is 11.6. The molecule has 1 aromatic carbocycles. The predicted molar refractivity (Wildman–Crippen MR) is 105 cm³/mol. The number of esters is 1. The van der Waals surface area contributed by atoms with E-state index in [0.717, 1.165) is 5.56 Å². The summed E-state index contributed by atoms with van der Waals surface area (Å²) >= 11 is 0. The molecule has 0 spiro atoms. The Kier molecular flexibility index (Phi) is 10.6. The lowest BCUT2D eigenvalue weighted by molar-refractivity contribution is -0.131. The van der Waals surface area contributed by atoms with E-state index in [1.54, 1.807) is 12.1 Å². The third-order valence-electron chi connectivity index (χ3n) is 2.97. The van der Waals surface area contributed by atoms with Crippen LogP contribution in [0.15, 0.2) is 24.3 Å². The zero-order valence-electron chi connectivity index (χ0n) is 17.4. The smallest absolute Gasteiger partial charge is 0.407 e. The van der Waals surface area contributed by atoms with Crippen molar-refractivity contribution in [2.24, 2.45) is 0 Å². The molecule has 1 atom stereocenters. The fourth-order valence-corrected chi connectivity index (χ4v) is 2.22. The van der Waals surface area contributed by atoms with E-state index < -0.39 is 11.7 Å². The lowest BCUT2D eigenvalue weighted by Crippen LogP contribution is -2.45. The SMILES string of the molecule is CC.CC(=O)Oc1ccc(CC(CN(C)C)NC(=O)OC(C)(C)C)cc1. The van der Waals surface area contributed by atoms with Crippen LogP contribution in [0.5, 0.6) is 5.75 Å². The van der Waals surface area contributed by atoms with Gasteiger partial charge in [-0.2, -0.15) is 0 Å². The summed E-state index contributed by atoms with van der Waals surface area (Å²) in [5, 5.41) is 2.91. The van der Waals surface area contributed by atoms with Crippen LogP contribution in [0, 0.1) is 0 Å². The first kappa shape index (κ1) is 23.9. The number of ether oxygens (including phenoxy) is 2. The van der Waals surface area contributed by atoms with Gasteiger partial charge in [-0.3, -0.25) is 4.79 Å². The summed E-state index contributed by atoms with van der Waals surface area (Å²) in [5.41, 5.74) is 0.507. The first-order valence-electron chi connectivity index (χ1n) is 8.97. The first-order valence-corrected chi connectivity index (χ1v) is 8.97. The van der Waals surface area contributed by atoms with E-state index in [1.807, 2.05) is 65.7 Å². The van der Waals surface area contributed by atoms with E-state index in [4.69, 9.17) is 9.47 Å². The van der Waals surface area contributed by atoms with E-state index in [9.17, 15) is 9.59 Å². The van der Waals surface area contributed by atoms with Crippen LogP contribution in [0.25, 0.3) is 0 Å². The zero-order chi connectivity index (χ0) is 20.3. The number of rotatable bonds is 6. The minimum absolute atomic E-state index is 0.0885. The van der Waals surface area contributed by atoms with Crippen molar-refractivity contribution in [2.45, 2.75) is 59.6 Å². The summed E-state index contributed by atoms with van der Waals surface area (Å²) in [7, 11) is 3.90. The first-order chi connectivity index (χ1) is 12.0. The van der Waals surface area contributed by atoms with Gasteiger partial charge in [0.15, 0.2) is 0 Å². The number of alkyl carbamates (subject to hydrolysis) is 1. The van der Waals surface area contributed by atoms with Crippen molar-refractivity contribution in [2.75, 3.05) is 20.6 Å². The molecule has 6 heteroatoms. The number of likely N-dealkylation sites (N-methyl/N-ethyl adjacent to an activating group) is 1. The molecule has 148 valence electrons. The fraction of sp³-hybridized carbons (Fsp3) is 0.600. The second kappa shape index (κ2) is 11.5. The third kappa shape index (κ3) is 11.5. The molecule has 0 aliphatic carbocycles. The van der Waals surface area contributed by atoms with Crippen LogP contribution in [0.1, 0.15) is 47.1 Å². The Balaban J connectivity index is 0.00000301. The number of carbonyl (C=O) groups excluding carboxylic acids is 2. The summed E-state index contributed by atoms with van der Waals surface area (Å²) < 4.78 is 10.3. The van der Waals surface area contributed by atoms with Gasteiger partial charge in [-0.25, -0.2) is 4.79 Å². The normalized spacial score (nSPS) is 11.9. The molecule has 1 N–H and O–H groups in total. The van der Waals surface area contributed by atoms with Crippen LogP contribution in [0.3, 0.4) is 0 Å². The van der Waals surface area contributed by atoms with E-state index >= 15 is 0 Å². The molecule has 0 saturated carbocycles. The molecule has 1 rings (SSSR count). The average molecular weight is 367 g/mol. The van der Waals surface area contributed by atoms with Crippen LogP contribution < -0.4 is 10.1 Å². The maximum atomic E-state index is 12.0. The number of hydrogen-bond donors (Lipinski definition) is 1. The van der Waals surface area contributed by atoms with Crippen molar-refractivity contribution in [1.82, 2.24) is 10.2 Å². The zero-order valence-corrected chi connectivity index (χ0v) is 17.4. The summed E-state index contributed by atoms with van der Waals surface area (Å²) in [6.07, 6.45) is 0.225. The highest BCUT2D eigenvalue weighted by Crippen LogP contribution is 2.14. The van der Waals surface area contributed by atoms with E-state index in [0.29, 0.717) is 18.7 Å². The second-order valence-electron chi connectivity index (χ2n) is 7.05. The maximum Gasteiger partial charge on any atom is 0.407 e. The molecule has 0 aromatic heterocycles. The molecule has 0 bridgehead atoms. The summed E-state index contributed by atoms with van der Waals surface area (Å²) in [4.78, 5) is 25.0. The minimum atomic E-state index is -0.529. The lowest BCUT2D eigenvalue weighted by atomic mass is 10.1. The van der Waals surface area contributed by atoms with Crippen LogP contribution in [0.2, 0.25) is 0 Å². The molecule has 6 nitrogen and oxygen atoms in total. The van der Waals surface area contributed by atoms with Crippen molar-refractivity contribution >= 4 is 12.1 Å². The van der Waals surface area contributed by atoms with Gasteiger partial charge in [0.05, 0.1) is 0 Å². The van der Waals surface area contributed by atoms with E-state index in [1.165, 1.54) is 6.92 Å². The van der Waals surface area contributed by atoms with Crippen molar-refractivity contribution in [3.05, 3.63) is 29.8 Å². The summed E-state index contributed by atoms with van der Waals surface area (Å²) in [6, 6.07) is 7.18. The highest BCUT2D eigenvalue weighted by atomic mass is 16.6. The van der Waals surface area contributed by atoms with Crippen LogP contribution in [0.4, 0.5) is 4.79 Å². The van der Waals surface area contributed by atoms with Gasteiger partial charge in [0.25, 0.3) is 0 Å². The summed E-state index contributed by atoms with van der Waals surface area (Å²) in [5.74, 6) is 0.162. The number of nitrogens with one attached hydrogen (secondary N) is 1. The van der Waals surface area contributed by atoms with Gasteiger partial charge >= 0.3 is 12.1 Å². The fourth-order valence-electron chi connectivity index (χ4n) is 2.22. The standard InChI is InChI=1S/C18H28N2O4.C2H6/c1-13(21)23-16-9-7-14(8-10-16)11-15(12-20(5)6)19-17(22)24-18(2,3)4;1-2/h7-10,15H,11-12H2,1-6H3,(H,19,22);1-2H3. The van der Waals surface area contributed by atoms with E-state index in [2.05, 4.69) is 5.32 Å². The molecule has 1 unspecified atom stereocenters. The van der Waals surface area contributed by atoms with Crippen LogP contribution in [-0.2, 0) is 16.0 Å². The number of benzene rings is 1. The van der Waals surface area contributed by atoms with Crippen molar-refractivity contribution in [3.8, 4) is 5.75 Å². The average Bonchev–Trinajstić information content (AvgIpc) is 2.48. The molecule has 0 aliphatic rings. The minimum Gasteiger partial charge on any atom is -0.444 e. The Labute approximate surface area is 157 Å². The maximum absolute atomic E-state index is 12.0. The van der Waals surface area contributed by atoms with Gasteiger partial charge in [0.1, 0.15) is 11.4 Å². The van der Waals surface area contributed by atoms with Gasteiger partial charge in [0.2, 0.25) is 0 Å². The van der Waals surface area contributed by atoms with Gasteiger partial charge < -0.3 is 19.7 Å². The van der Waals surface area contributed by atoms with Gasteiger partial charge in [0, 0.05) is 19.5 Å². The van der Waals surface area contributed by atoms with Gasteiger partial charge in [-0.1, -0.05) is 26.0 Å². The Morgan fingerprint density at radius 2 is 1.65 bits per heavy atom. The van der Waals surface area contributed by atoms with Crippen molar-refractivity contribution in [1.29, 1.82) is 0 Å². The highest BCUT2D eigenvalue weighted by Gasteiger charge is 2.20. The lowest BCUT2D eigenvalue weighted by Gasteiger charge is -2.25. The number of carbonyl (C=O) groups is 2. The Hall–Kier alpha value is -2.08. The molecule has 0 saturated heterocycles. The Bertz CT molecular complexity index is 548. The molecule has 0 heterocycles. The third-order valence-corrected chi connectivity index (χ3v) is 2.97. The quantitative estimate of drug-likeness (QED) is 0.615. The van der Waals surface area contributed by atoms with Crippen molar-refractivity contribution in [3.63, 3.8) is 0 Å². The molecule has 1 amide bonds. The van der Waals surface area contributed by atoms with E-state index in [-0.39, 0.29) is 12.0 Å². The molecular weight excluding hydrogens is 332 g/mol. The Morgan fingerprint density at radius 1 is 1.12 bits per heavy atom. The number of amides is 1. The van der Waals surface area contributed by atoms with Gasteiger partial charge in [-0.15, -0.1) is 0 Å². The van der Waals surface area contributed by atoms with Crippen LogP contribution in [-0.4, -0.2) is 49.2 Å². The molecular formula is C20H34N2O4. The molecule has 0 radical (unpaired) electrons. The molecule has 0 fully saturated rings. The topological polar surface area (TPSA) is 67.9 Å². The van der Waals surface area contributed by atoms with Crippen molar-refractivity contribution < 1.29 is 19.1 Å².